The molecule has 0 atom stereocenters. The highest BCUT2D eigenvalue weighted by Gasteiger charge is 2.15. The van der Waals surface area contributed by atoms with Crippen LogP contribution in [0.3, 0.4) is 0 Å². The first kappa shape index (κ1) is 21.8. The average Bonchev–Trinajstić information content (AvgIpc) is 3.22. The van der Waals surface area contributed by atoms with Gasteiger partial charge in [0, 0.05) is 42.0 Å². The van der Waals surface area contributed by atoms with Gasteiger partial charge < -0.3 is 9.88 Å². The Bertz CT molecular complexity index is 1310. The Morgan fingerprint density at radius 3 is 2.38 bits per heavy atom. The number of aromatic nitrogens is 3. The fourth-order valence-corrected chi connectivity index (χ4v) is 3.89. The number of anilines is 1. The van der Waals surface area contributed by atoms with Gasteiger partial charge in [0.1, 0.15) is 0 Å². The molecule has 0 aliphatic rings. The van der Waals surface area contributed by atoms with E-state index in [0.29, 0.717) is 16.5 Å². The van der Waals surface area contributed by atoms with Crippen molar-refractivity contribution >= 4 is 29.0 Å². The first-order valence-corrected chi connectivity index (χ1v) is 11.1. The van der Waals surface area contributed by atoms with Crippen LogP contribution in [-0.4, -0.2) is 19.9 Å². The number of imidazole rings is 1. The first-order valence-electron chi connectivity index (χ1n) is 10.7. The van der Waals surface area contributed by atoms with Crippen molar-refractivity contribution in [3.05, 3.63) is 76.2 Å². The Balaban J connectivity index is 1.84. The van der Waals surface area contributed by atoms with Gasteiger partial charge in [-0.3, -0.25) is 14.0 Å². The number of unbranched alkanes of at least 4 members (excludes halogenated alkanes) is 2. The van der Waals surface area contributed by atoms with Crippen molar-refractivity contribution in [3.63, 3.8) is 0 Å². The summed E-state index contributed by atoms with van der Waals surface area (Å²) < 4.78 is 3.70. The van der Waals surface area contributed by atoms with E-state index in [2.05, 4.69) is 16.8 Å². The molecule has 164 valence electrons. The van der Waals surface area contributed by atoms with Gasteiger partial charge in [0.2, 0.25) is 11.7 Å². The second-order valence-electron chi connectivity index (χ2n) is 7.79. The van der Waals surface area contributed by atoms with E-state index >= 15 is 0 Å². The highest BCUT2D eigenvalue weighted by molar-refractivity contribution is 6.30. The third-order valence-electron chi connectivity index (χ3n) is 5.34. The molecule has 4 aromatic rings. The van der Waals surface area contributed by atoms with E-state index in [1.165, 1.54) is 6.92 Å². The van der Waals surface area contributed by atoms with E-state index in [1.54, 1.807) is 16.7 Å². The van der Waals surface area contributed by atoms with E-state index < -0.39 is 0 Å². The number of fused-ring (bicyclic) bond motifs is 1. The van der Waals surface area contributed by atoms with E-state index in [9.17, 15) is 9.59 Å². The summed E-state index contributed by atoms with van der Waals surface area (Å²) in [4.78, 5) is 29.1. The fourth-order valence-electron chi connectivity index (χ4n) is 3.76. The summed E-state index contributed by atoms with van der Waals surface area (Å²) >= 11 is 6.02. The van der Waals surface area contributed by atoms with Crippen LogP contribution in [0.4, 0.5) is 5.69 Å². The van der Waals surface area contributed by atoms with Crippen LogP contribution >= 0.6 is 11.6 Å². The first-order chi connectivity index (χ1) is 15.5. The highest BCUT2D eigenvalue weighted by atomic mass is 35.5. The van der Waals surface area contributed by atoms with Gasteiger partial charge in [-0.2, -0.15) is 0 Å². The Hall–Kier alpha value is -3.38. The van der Waals surface area contributed by atoms with Gasteiger partial charge in [-0.15, -0.1) is 0 Å². The summed E-state index contributed by atoms with van der Waals surface area (Å²) in [5, 5.41) is 3.43. The molecule has 7 heteroatoms. The third kappa shape index (κ3) is 4.60. The summed E-state index contributed by atoms with van der Waals surface area (Å²) in [6.45, 7) is 4.39. The van der Waals surface area contributed by atoms with Crippen molar-refractivity contribution in [1.82, 2.24) is 14.0 Å². The van der Waals surface area contributed by atoms with Crippen LogP contribution in [0.2, 0.25) is 5.02 Å². The van der Waals surface area contributed by atoms with Crippen LogP contribution in [0.15, 0.2) is 65.6 Å². The predicted octanol–water partition coefficient (Wildman–Crippen LogP) is 5.63. The lowest BCUT2D eigenvalue weighted by Crippen LogP contribution is -2.18. The molecule has 4 rings (SSSR count). The van der Waals surface area contributed by atoms with Gasteiger partial charge in [0.05, 0.1) is 11.4 Å². The van der Waals surface area contributed by atoms with Crippen molar-refractivity contribution in [2.75, 3.05) is 5.32 Å². The van der Waals surface area contributed by atoms with Crippen LogP contribution < -0.4 is 10.9 Å². The van der Waals surface area contributed by atoms with Crippen LogP contribution in [0.1, 0.15) is 33.1 Å². The van der Waals surface area contributed by atoms with Gasteiger partial charge in [0.15, 0.2) is 0 Å². The number of carbonyl (C=O) groups is 1. The van der Waals surface area contributed by atoms with Gasteiger partial charge in [-0.25, -0.2) is 4.98 Å². The van der Waals surface area contributed by atoms with Crippen LogP contribution in [-0.2, 0) is 11.3 Å². The minimum Gasteiger partial charge on any atom is -0.326 e. The maximum Gasteiger partial charge on any atom is 0.259 e. The SMILES string of the molecule is CCCCCn1c(-c2ccc(NC(C)=O)cc2)cc(=O)n2cc(-c3ccc(Cl)cc3)nc12. The number of nitrogens with zero attached hydrogens (tertiary/aromatic N) is 3. The zero-order chi connectivity index (χ0) is 22.7. The van der Waals surface area contributed by atoms with Gasteiger partial charge in [-0.1, -0.05) is 55.6 Å². The zero-order valence-electron chi connectivity index (χ0n) is 18.1. The normalized spacial score (nSPS) is 11.1. The lowest BCUT2D eigenvalue weighted by molar-refractivity contribution is -0.114. The molecule has 0 fully saturated rings. The van der Waals surface area contributed by atoms with Crippen LogP contribution in [0.5, 0.6) is 0 Å². The summed E-state index contributed by atoms with van der Waals surface area (Å²) in [5.74, 6) is 0.488. The quantitative estimate of drug-likeness (QED) is 0.372. The van der Waals surface area contributed by atoms with E-state index in [0.717, 1.165) is 48.3 Å². The molecule has 0 aliphatic carbocycles. The Morgan fingerprint density at radius 2 is 1.72 bits per heavy atom. The number of rotatable bonds is 7. The standard InChI is InChI=1S/C25H25ClN4O2/c1-3-4-5-14-29-23(19-8-12-21(13-9-19)27-17(2)31)15-24(32)30-16-22(28-25(29)30)18-6-10-20(26)11-7-18/h6-13,15-16H,3-5,14H2,1-2H3,(H,27,31). The third-order valence-corrected chi connectivity index (χ3v) is 5.60. The van der Waals surface area contributed by atoms with Gasteiger partial charge >= 0.3 is 0 Å². The Kier molecular flexibility index (Phi) is 6.42. The van der Waals surface area contributed by atoms with Gasteiger partial charge in [0.25, 0.3) is 5.56 Å². The maximum absolute atomic E-state index is 13.0. The topological polar surface area (TPSA) is 68.4 Å². The van der Waals surface area contributed by atoms with E-state index in [4.69, 9.17) is 16.6 Å². The molecule has 6 nitrogen and oxygen atoms in total. The number of benzene rings is 2. The molecular weight excluding hydrogens is 424 g/mol. The average molecular weight is 449 g/mol. The van der Waals surface area contributed by atoms with Crippen molar-refractivity contribution in [2.45, 2.75) is 39.7 Å². The molecule has 0 aliphatic heterocycles. The molecular formula is C25H25ClN4O2. The lowest BCUT2D eigenvalue weighted by Gasteiger charge is -2.15. The van der Waals surface area contributed by atoms with Crippen molar-refractivity contribution < 1.29 is 4.79 Å². The molecule has 1 N–H and O–H groups in total. The zero-order valence-corrected chi connectivity index (χ0v) is 18.9. The maximum atomic E-state index is 13.0. The monoisotopic (exact) mass is 448 g/mol. The molecule has 0 saturated heterocycles. The Morgan fingerprint density at radius 1 is 1.03 bits per heavy atom. The second kappa shape index (κ2) is 9.40. The number of aryl methyl sites for hydroxylation is 1. The molecule has 1 amide bonds. The Labute approximate surface area is 191 Å². The smallest absolute Gasteiger partial charge is 0.259 e. The number of halogens is 1. The van der Waals surface area contributed by atoms with Crippen molar-refractivity contribution in [1.29, 1.82) is 0 Å². The second-order valence-corrected chi connectivity index (χ2v) is 8.22. The molecule has 0 spiro atoms. The van der Waals surface area contributed by atoms with Crippen LogP contribution in [0, 0.1) is 0 Å². The summed E-state index contributed by atoms with van der Waals surface area (Å²) in [7, 11) is 0. The predicted molar refractivity (Wildman–Crippen MR) is 129 cm³/mol. The number of amides is 1. The molecule has 0 saturated carbocycles. The molecule has 0 unspecified atom stereocenters. The molecule has 32 heavy (non-hydrogen) atoms. The number of hydrogen-bond acceptors (Lipinski definition) is 3. The highest BCUT2D eigenvalue weighted by Crippen LogP contribution is 2.25. The van der Waals surface area contributed by atoms with Crippen molar-refractivity contribution in [3.8, 4) is 22.5 Å². The molecule has 2 aromatic heterocycles. The summed E-state index contributed by atoms with van der Waals surface area (Å²) in [6, 6.07) is 16.6. The van der Waals surface area contributed by atoms with E-state index in [-0.39, 0.29) is 11.5 Å². The summed E-state index contributed by atoms with van der Waals surface area (Å²) in [6.07, 6.45) is 4.95. The summed E-state index contributed by atoms with van der Waals surface area (Å²) in [5.41, 5.74) is 3.90. The molecule has 2 heterocycles. The lowest BCUT2D eigenvalue weighted by atomic mass is 10.1. The van der Waals surface area contributed by atoms with Crippen molar-refractivity contribution in [2.24, 2.45) is 0 Å². The minimum atomic E-state index is -0.139. The molecule has 0 bridgehead atoms. The largest absolute Gasteiger partial charge is 0.326 e. The van der Waals surface area contributed by atoms with Crippen LogP contribution in [0.25, 0.3) is 28.3 Å². The fraction of sp³-hybridized carbons (Fsp3) is 0.240. The molecule has 0 radical (unpaired) electrons. The number of hydrogen-bond donors (Lipinski definition) is 1. The molecule has 2 aromatic carbocycles. The number of carbonyl (C=O) groups excluding carboxylic acids is 1. The van der Waals surface area contributed by atoms with E-state index in [1.807, 2.05) is 48.5 Å². The number of nitrogens with one attached hydrogen (secondary N) is 1. The minimum absolute atomic E-state index is 0.122. The van der Waals surface area contributed by atoms with Gasteiger partial charge in [-0.05, 0) is 36.2 Å².